The average Bonchev–Trinajstić information content (AvgIpc) is 2.91. The molecular formula is C12H16FNO. The number of benzene rings is 1. The molecule has 0 atom stereocenters. The topological polar surface area (TPSA) is 35.2 Å². The highest BCUT2D eigenvalue weighted by atomic mass is 19.1. The Bertz CT molecular complexity index is 385. The van der Waals surface area contributed by atoms with Gasteiger partial charge < -0.3 is 10.5 Å². The summed E-state index contributed by atoms with van der Waals surface area (Å²) in [5, 5.41) is 0. The standard InChI is InChI=1S/C12H16FNO/c1-8-3-4-10(13)9(11(8)15-2)7-12(14)5-6-12/h3-4H,5-7,14H2,1-2H3. The highest BCUT2D eigenvalue weighted by Gasteiger charge is 2.39. The fourth-order valence-corrected chi connectivity index (χ4v) is 1.86. The molecule has 0 unspecified atom stereocenters. The fourth-order valence-electron chi connectivity index (χ4n) is 1.86. The Morgan fingerprint density at radius 3 is 2.67 bits per heavy atom. The molecule has 0 saturated heterocycles. The first kappa shape index (κ1) is 10.4. The second-order valence-corrected chi connectivity index (χ2v) is 4.42. The predicted octanol–water partition coefficient (Wildman–Crippen LogP) is 2.18. The number of aryl methyl sites for hydroxylation is 1. The van der Waals surface area contributed by atoms with Gasteiger partial charge in [-0.1, -0.05) is 6.07 Å². The van der Waals surface area contributed by atoms with Crippen molar-refractivity contribution in [2.24, 2.45) is 5.73 Å². The molecule has 0 spiro atoms. The van der Waals surface area contributed by atoms with Gasteiger partial charge >= 0.3 is 0 Å². The van der Waals surface area contributed by atoms with Crippen LogP contribution in [0, 0.1) is 12.7 Å². The molecule has 1 saturated carbocycles. The van der Waals surface area contributed by atoms with Crippen LogP contribution in [0.4, 0.5) is 4.39 Å². The Balaban J connectivity index is 2.38. The lowest BCUT2D eigenvalue weighted by Crippen LogP contribution is -2.25. The summed E-state index contributed by atoms with van der Waals surface area (Å²) in [5.74, 6) is 0.431. The molecule has 1 fully saturated rings. The number of rotatable bonds is 3. The van der Waals surface area contributed by atoms with E-state index in [0.29, 0.717) is 17.7 Å². The average molecular weight is 209 g/mol. The molecule has 2 nitrogen and oxygen atoms in total. The van der Waals surface area contributed by atoms with Crippen LogP contribution in [-0.4, -0.2) is 12.6 Å². The molecule has 2 rings (SSSR count). The number of nitrogens with two attached hydrogens (primary N) is 1. The smallest absolute Gasteiger partial charge is 0.130 e. The summed E-state index contributed by atoms with van der Waals surface area (Å²) < 4.78 is 18.9. The lowest BCUT2D eigenvalue weighted by molar-refractivity contribution is 0.398. The monoisotopic (exact) mass is 209 g/mol. The molecule has 0 aromatic heterocycles. The van der Waals surface area contributed by atoms with Crippen molar-refractivity contribution >= 4 is 0 Å². The van der Waals surface area contributed by atoms with Gasteiger partial charge in [0.1, 0.15) is 11.6 Å². The van der Waals surface area contributed by atoms with E-state index in [4.69, 9.17) is 10.5 Å². The molecule has 0 aliphatic heterocycles. The molecule has 0 bridgehead atoms. The van der Waals surface area contributed by atoms with Crippen LogP contribution in [0.25, 0.3) is 0 Å². The molecule has 82 valence electrons. The SMILES string of the molecule is COc1c(C)ccc(F)c1CC1(N)CC1. The van der Waals surface area contributed by atoms with Crippen molar-refractivity contribution in [3.8, 4) is 5.75 Å². The van der Waals surface area contributed by atoms with Crippen molar-refractivity contribution < 1.29 is 9.13 Å². The Morgan fingerprint density at radius 1 is 1.47 bits per heavy atom. The van der Waals surface area contributed by atoms with E-state index >= 15 is 0 Å². The molecular weight excluding hydrogens is 193 g/mol. The molecule has 0 amide bonds. The lowest BCUT2D eigenvalue weighted by Gasteiger charge is -2.15. The number of methoxy groups -OCH3 is 1. The largest absolute Gasteiger partial charge is 0.496 e. The van der Waals surface area contributed by atoms with Crippen LogP contribution in [0.5, 0.6) is 5.75 Å². The van der Waals surface area contributed by atoms with Gasteiger partial charge in [-0.15, -0.1) is 0 Å². The number of hydrogen-bond acceptors (Lipinski definition) is 2. The van der Waals surface area contributed by atoms with Crippen LogP contribution in [0.1, 0.15) is 24.0 Å². The van der Waals surface area contributed by atoms with E-state index in [1.807, 2.05) is 6.92 Å². The van der Waals surface area contributed by atoms with Crippen LogP contribution in [-0.2, 0) is 6.42 Å². The van der Waals surface area contributed by atoms with E-state index in [0.717, 1.165) is 18.4 Å². The molecule has 2 N–H and O–H groups in total. The summed E-state index contributed by atoms with van der Waals surface area (Å²) in [6.07, 6.45) is 2.52. The highest BCUT2D eigenvalue weighted by molar-refractivity contribution is 5.43. The summed E-state index contributed by atoms with van der Waals surface area (Å²) in [6, 6.07) is 3.21. The van der Waals surface area contributed by atoms with Gasteiger partial charge in [-0.2, -0.15) is 0 Å². The maximum Gasteiger partial charge on any atom is 0.130 e. The molecule has 3 heteroatoms. The predicted molar refractivity (Wildman–Crippen MR) is 57.5 cm³/mol. The van der Waals surface area contributed by atoms with Crippen LogP contribution in [0.3, 0.4) is 0 Å². The zero-order valence-corrected chi connectivity index (χ0v) is 9.14. The lowest BCUT2D eigenvalue weighted by atomic mass is 10.0. The van der Waals surface area contributed by atoms with Gasteiger partial charge in [0.2, 0.25) is 0 Å². The molecule has 1 aromatic carbocycles. The van der Waals surface area contributed by atoms with Crippen molar-refractivity contribution in [2.45, 2.75) is 31.7 Å². The number of hydrogen-bond donors (Lipinski definition) is 1. The number of ether oxygens (including phenoxy) is 1. The van der Waals surface area contributed by atoms with E-state index in [9.17, 15) is 4.39 Å². The first-order chi connectivity index (χ1) is 7.06. The van der Waals surface area contributed by atoms with E-state index in [1.165, 1.54) is 6.07 Å². The van der Waals surface area contributed by atoms with Crippen LogP contribution in [0.15, 0.2) is 12.1 Å². The molecule has 1 aliphatic rings. The van der Waals surface area contributed by atoms with Crippen LogP contribution < -0.4 is 10.5 Å². The van der Waals surface area contributed by atoms with Gasteiger partial charge in [0, 0.05) is 11.1 Å². The quantitative estimate of drug-likeness (QED) is 0.828. The van der Waals surface area contributed by atoms with Gasteiger partial charge in [-0.05, 0) is 37.8 Å². The van der Waals surface area contributed by atoms with Crippen molar-refractivity contribution in [3.63, 3.8) is 0 Å². The maximum absolute atomic E-state index is 13.6. The first-order valence-corrected chi connectivity index (χ1v) is 5.16. The van der Waals surface area contributed by atoms with Gasteiger partial charge in [0.15, 0.2) is 0 Å². The second kappa shape index (κ2) is 3.49. The van der Waals surface area contributed by atoms with E-state index in [2.05, 4.69) is 0 Å². The summed E-state index contributed by atoms with van der Waals surface area (Å²) >= 11 is 0. The van der Waals surface area contributed by atoms with Crippen molar-refractivity contribution in [2.75, 3.05) is 7.11 Å². The first-order valence-electron chi connectivity index (χ1n) is 5.16. The zero-order valence-electron chi connectivity index (χ0n) is 9.14. The molecule has 0 heterocycles. The Labute approximate surface area is 89.2 Å². The minimum absolute atomic E-state index is 0.193. The summed E-state index contributed by atoms with van der Waals surface area (Å²) in [5.41, 5.74) is 7.39. The van der Waals surface area contributed by atoms with Gasteiger partial charge in [0.25, 0.3) is 0 Å². The normalized spacial score (nSPS) is 17.6. The van der Waals surface area contributed by atoms with E-state index < -0.39 is 0 Å². The third-order valence-corrected chi connectivity index (χ3v) is 3.03. The summed E-state index contributed by atoms with van der Waals surface area (Å²) in [7, 11) is 1.57. The van der Waals surface area contributed by atoms with Crippen LogP contribution >= 0.6 is 0 Å². The Morgan fingerprint density at radius 2 is 2.13 bits per heavy atom. The highest BCUT2D eigenvalue weighted by Crippen LogP contribution is 2.39. The minimum Gasteiger partial charge on any atom is -0.496 e. The Hall–Kier alpha value is -1.09. The molecule has 0 radical (unpaired) electrons. The Kier molecular flexibility index (Phi) is 2.43. The second-order valence-electron chi connectivity index (χ2n) is 4.42. The minimum atomic E-state index is -0.214. The zero-order chi connectivity index (χ0) is 11.1. The van der Waals surface area contributed by atoms with Crippen LogP contribution in [0.2, 0.25) is 0 Å². The maximum atomic E-state index is 13.6. The summed E-state index contributed by atoms with van der Waals surface area (Å²) in [4.78, 5) is 0. The number of halogens is 1. The van der Waals surface area contributed by atoms with Gasteiger partial charge in [-0.3, -0.25) is 0 Å². The third kappa shape index (κ3) is 1.97. The third-order valence-electron chi connectivity index (χ3n) is 3.03. The van der Waals surface area contributed by atoms with Crippen molar-refractivity contribution in [1.82, 2.24) is 0 Å². The molecule has 15 heavy (non-hydrogen) atoms. The van der Waals surface area contributed by atoms with Crippen molar-refractivity contribution in [1.29, 1.82) is 0 Å². The van der Waals surface area contributed by atoms with Crippen molar-refractivity contribution in [3.05, 3.63) is 29.1 Å². The van der Waals surface area contributed by atoms with E-state index in [-0.39, 0.29) is 11.4 Å². The molecule has 1 aromatic rings. The van der Waals surface area contributed by atoms with Gasteiger partial charge in [0.05, 0.1) is 7.11 Å². The summed E-state index contributed by atoms with van der Waals surface area (Å²) in [6.45, 7) is 1.91. The van der Waals surface area contributed by atoms with E-state index in [1.54, 1.807) is 13.2 Å². The van der Waals surface area contributed by atoms with Gasteiger partial charge in [-0.25, -0.2) is 4.39 Å². The fraction of sp³-hybridized carbons (Fsp3) is 0.500. The molecule has 1 aliphatic carbocycles.